The number of nitrogen functional groups attached to an aromatic ring is 2. The van der Waals surface area contributed by atoms with Gasteiger partial charge in [-0.25, -0.2) is 13.2 Å². The zero-order chi connectivity index (χ0) is 29.1. The van der Waals surface area contributed by atoms with E-state index in [1.54, 1.807) is 35.6 Å². The van der Waals surface area contributed by atoms with Gasteiger partial charge in [-0.2, -0.15) is 8.75 Å². The van der Waals surface area contributed by atoms with Crippen LogP contribution in [0.3, 0.4) is 0 Å². The number of alkyl halides is 3. The van der Waals surface area contributed by atoms with Crippen LogP contribution in [0.1, 0.15) is 25.0 Å². The molecule has 2 unspecified atom stereocenters. The molecule has 41 heavy (non-hydrogen) atoms. The fraction of sp³-hybridized carbons (Fsp3) is 0.133. The summed E-state index contributed by atoms with van der Waals surface area (Å²) in [6.45, 7) is 2.39. The highest BCUT2D eigenvalue weighted by atomic mass is 32.1. The highest BCUT2D eigenvalue weighted by molar-refractivity contribution is 7.19. The first-order chi connectivity index (χ1) is 19.4. The number of hydrogen-bond donors (Lipinski definition) is 2. The summed E-state index contributed by atoms with van der Waals surface area (Å²) in [4.78, 5) is 3.68. The van der Waals surface area contributed by atoms with Crippen LogP contribution in [0.2, 0.25) is 0 Å². The molecule has 0 amide bonds. The average Bonchev–Trinajstić information content (AvgIpc) is 3.70. The molecule has 3 aromatic heterocycles. The van der Waals surface area contributed by atoms with E-state index in [2.05, 4.69) is 18.0 Å². The van der Waals surface area contributed by atoms with Crippen LogP contribution < -0.4 is 11.5 Å². The van der Waals surface area contributed by atoms with E-state index in [9.17, 15) is 13.2 Å². The normalized spacial score (nSPS) is 13.5. The Balaban J connectivity index is 1.38. The minimum Gasteiger partial charge on any atom is -0.396 e. The number of benzene rings is 3. The fourth-order valence-corrected chi connectivity index (χ4v) is 7.58. The maximum absolute atomic E-state index is 14.3. The summed E-state index contributed by atoms with van der Waals surface area (Å²) < 4.78 is 50.8. The van der Waals surface area contributed by atoms with Crippen molar-refractivity contribution < 1.29 is 13.2 Å². The number of halogens is 3. The van der Waals surface area contributed by atoms with Gasteiger partial charge in [0.2, 0.25) is 0 Å². The van der Waals surface area contributed by atoms with Crippen LogP contribution in [0.5, 0.6) is 0 Å². The number of fused-ring (bicyclic) bond motifs is 1. The van der Waals surface area contributed by atoms with Crippen LogP contribution in [-0.4, -0.2) is 8.75 Å². The first kappa shape index (κ1) is 27.8. The van der Waals surface area contributed by atoms with Gasteiger partial charge in [-0.05, 0) is 47.9 Å². The number of rotatable bonds is 6. The standard InChI is InChI=1S/C30H24F3N4PS3/c1-29(31,32)17-7-3-15(4-8-17)19-11-13-21(39-19)23-25(34)26(35)24(28-27(23)36-41-37-28)22-14-12-20(40-22)16-5-9-18(10-6-16)30(2,33)38/h3-14H,34-35,38H2,1-2H3. The third kappa shape index (κ3) is 5.14. The molecule has 0 fully saturated rings. The van der Waals surface area contributed by atoms with Crippen LogP contribution >= 0.6 is 43.6 Å². The lowest BCUT2D eigenvalue weighted by molar-refractivity contribution is 0.0175. The lowest BCUT2D eigenvalue weighted by Crippen LogP contribution is -2.06. The van der Waals surface area contributed by atoms with E-state index in [-0.39, 0.29) is 5.56 Å². The van der Waals surface area contributed by atoms with Gasteiger partial charge in [0.25, 0.3) is 5.92 Å². The minimum absolute atomic E-state index is 0.0301. The van der Waals surface area contributed by atoms with Gasteiger partial charge >= 0.3 is 0 Å². The molecule has 3 aromatic carbocycles. The SMILES string of the molecule is CC(F)(F)c1ccc(-c2ccc(-c3c(N)c(N)c(-c4ccc(-c5ccc(C(C)(F)P)cc5)s4)c4nsnc34)s2)cc1. The van der Waals surface area contributed by atoms with E-state index in [0.29, 0.717) is 33.5 Å². The predicted molar refractivity (Wildman–Crippen MR) is 171 cm³/mol. The first-order valence-electron chi connectivity index (χ1n) is 12.5. The van der Waals surface area contributed by atoms with E-state index in [1.807, 2.05) is 36.4 Å². The highest BCUT2D eigenvalue weighted by Gasteiger charge is 2.25. The maximum Gasteiger partial charge on any atom is 0.270 e. The number of aromatic nitrogens is 2. The summed E-state index contributed by atoms with van der Waals surface area (Å²) in [7, 11) is 2.21. The molecule has 4 nitrogen and oxygen atoms in total. The van der Waals surface area contributed by atoms with Crippen LogP contribution in [0, 0.1) is 0 Å². The van der Waals surface area contributed by atoms with Crippen molar-refractivity contribution in [3.05, 3.63) is 83.9 Å². The largest absolute Gasteiger partial charge is 0.396 e. The molecule has 0 saturated heterocycles. The zero-order valence-electron chi connectivity index (χ0n) is 21.9. The summed E-state index contributed by atoms with van der Waals surface area (Å²) in [5, 5.41) is -1.49. The van der Waals surface area contributed by atoms with Crippen molar-refractivity contribution in [2.75, 3.05) is 11.5 Å². The molecule has 0 aliphatic carbocycles. The second kappa shape index (κ2) is 10.2. The van der Waals surface area contributed by atoms with Crippen LogP contribution in [0.25, 0.3) is 52.8 Å². The Bertz CT molecular complexity index is 1740. The smallest absolute Gasteiger partial charge is 0.270 e. The lowest BCUT2D eigenvalue weighted by Gasteiger charge is -2.14. The minimum atomic E-state index is -2.89. The molecule has 0 bridgehead atoms. The van der Waals surface area contributed by atoms with E-state index in [1.165, 1.54) is 30.4 Å². The second-order valence-electron chi connectivity index (χ2n) is 9.99. The molecule has 0 spiro atoms. The van der Waals surface area contributed by atoms with E-state index < -0.39 is 11.3 Å². The van der Waals surface area contributed by atoms with Crippen molar-refractivity contribution in [2.24, 2.45) is 0 Å². The van der Waals surface area contributed by atoms with Crippen LogP contribution in [0.4, 0.5) is 24.5 Å². The van der Waals surface area contributed by atoms with Gasteiger partial charge in [-0.15, -0.1) is 22.7 Å². The zero-order valence-corrected chi connectivity index (χ0v) is 25.5. The molecule has 2 atom stereocenters. The van der Waals surface area contributed by atoms with Gasteiger partial charge in [0.1, 0.15) is 16.4 Å². The number of hydrogen-bond acceptors (Lipinski definition) is 7. The van der Waals surface area contributed by atoms with Gasteiger partial charge in [0.15, 0.2) is 0 Å². The molecule has 11 heteroatoms. The first-order valence-corrected chi connectivity index (χ1v) is 15.5. The molecule has 0 aliphatic rings. The van der Waals surface area contributed by atoms with Crippen molar-refractivity contribution in [3.63, 3.8) is 0 Å². The second-order valence-corrected chi connectivity index (χ2v) is 13.8. The molecule has 6 aromatic rings. The van der Waals surface area contributed by atoms with Crippen molar-refractivity contribution in [1.82, 2.24) is 8.75 Å². The van der Waals surface area contributed by atoms with Crippen LogP contribution in [-0.2, 0) is 11.3 Å². The summed E-state index contributed by atoms with van der Waals surface area (Å²) in [5.74, 6) is -2.89. The Kier molecular flexibility index (Phi) is 6.93. The van der Waals surface area contributed by atoms with Gasteiger partial charge in [0, 0.05) is 43.1 Å². The average molecular weight is 625 g/mol. The predicted octanol–water partition coefficient (Wildman–Crippen LogP) is 9.78. The number of nitrogens with zero attached hydrogens (tertiary/aromatic N) is 2. The molecule has 0 saturated carbocycles. The molecular formula is C30H24F3N4PS3. The van der Waals surface area contributed by atoms with Crippen molar-refractivity contribution in [2.45, 2.75) is 25.2 Å². The summed E-state index contributed by atoms with van der Waals surface area (Å²) in [6.07, 6.45) is 0. The Morgan fingerprint density at radius 1 is 0.610 bits per heavy atom. The topological polar surface area (TPSA) is 77.8 Å². The third-order valence-corrected chi connectivity index (χ3v) is 10.1. The molecule has 0 aliphatic heterocycles. The van der Waals surface area contributed by atoms with Gasteiger partial charge in [-0.3, -0.25) is 0 Å². The number of thiophene rings is 2. The quantitative estimate of drug-likeness (QED) is 0.143. The molecular weight excluding hydrogens is 601 g/mol. The van der Waals surface area contributed by atoms with Gasteiger partial charge < -0.3 is 11.5 Å². The Hall–Kier alpha value is -3.30. The van der Waals surface area contributed by atoms with Crippen molar-refractivity contribution >= 4 is 66.0 Å². The lowest BCUT2D eigenvalue weighted by atomic mass is 10.0. The molecule has 4 N–H and O–H groups in total. The number of anilines is 2. The van der Waals surface area contributed by atoms with Gasteiger partial charge in [0.05, 0.1) is 23.1 Å². The molecule has 6 rings (SSSR count). The Morgan fingerprint density at radius 2 is 1.00 bits per heavy atom. The fourth-order valence-electron chi connectivity index (χ4n) is 4.68. The van der Waals surface area contributed by atoms with E-state index >= 15 is 0 Å². The van der Waals surface area contributed by atoms with Crippen LogP contribution in [0.15, 0.2) is 72.8 Å². The summed E-state index contributed by atoms with van der Waals surface area (Å²) in [6, 6.07) is 21.5. The summed E-state index contributed by atoms with van der Waals surface area (Å²) in [5.41, 5.74) is 19.3. The van der Waals surface area contributed by atoms with E-state index in [0.717, 1.165) is 54.9 Å². The van der Waals surface area contributed by atoms with Crippen molar-refractivity contribution in [1.29, 1.82) is 0 Å². The summed E-state index contributed by atoms with van der Waals surface area (Å²) >= 11 is 4.13. The molecule has 3 heterocycles. The number of nitrogens with two attached hydrogens (primary N) is 2. The monoisotopic (exact) mass is 624 g/mol. The Labute approximate surface area is 249 Å². The highest BCUT2D eigenvalue weighted by Crippen LogP contribution is 2.49. The molecule has 208 valence electrons. The van der Waals surface area contributed by atoms with Gasteiger partial charge in [-0.1, -0.05) is 57.8 Å². The van der Waals surface area contributed by atoms with Crippen molar-refractivity contribution in [3.8, 4) is 41.8 Å². The Morgan fingerprint density at radius 3 is 1.39 bits per heavy atom. The maximum atomic E-state index is 14.3. The third-order valence-electron chi connectivity index (χ3n) is 6.91. The molecule has 0 radical (unpaired) electrons. The van der Waals surface area contributed by atoms with E-state index in [4.69, 9.17) is 11.5 Å².